The molecule has 0 aliphatic carbocycles. The molecule has 0 bridgehead atoms. The highest BCUT2D eigenvalue weighted by Crippen LogP contribution is 2.44. The minimum Gasteiger partial charge on any atom is -0.468 e. The van der Waals surface area contributed by atoms with E-state index in [0.717, 1.165) is 26.9 Å². The maximum absolute atomic E-state index is 12.3. The Labute approximate surface area is 183 Å². The fourth-order valence-electron chi connectivity index (χ4n) is 3.77. The zero-order valence-electron chi connectivity index (χ0n) is 15.8. The predicted molar refractivity (Wildman–Crippen MR) is 119 cm³/mol. The van der Waals surface area contributed by atoms with Gasteiger partial charge in [-0.25, -0.2) is 0 Å². The first-order valence-corrected chi connectivity index (χ1v) is 10.4. The molecule has 6 heteroatoms. The summed E-state index contributed by atoms with van der Waals surface area (Å²) in [6.07, 6.45) is -0.217. The van der Waals surface area contributed by atoms with Crippen LogP contribution in [0.2, 0.25) is 5.02 Å². The van der Waals surface area contributed by atoms with E-state index in [1.807, 2.05) is 48.5 Å². The van der Waals surface area contributed by atoms with Gasteiger partial charge in [-0.1, -0.05) is 70.0 Å². The van der Waals surface area contributed by atoms with Crippen LogP contribution in [0.25, 0.3) is 0 Å². The average Bonchev–Trinajstić information content (AvgIpc) is 2.74. The number of fused-ring (bicyclic) bond motifs is 1. The number of nitrogens with zero attached hydrogens (tertiary/aromatic N) is 1. The normalized spacial score (nSPS) is 18.6. The van der Waals surface area contributed by atoms with E-state index in [1.54, 1.807) is 0 Å². The Morgan fingerprint density at radius 3 is 2.48 bits per heavy atom. The number of rotatable bonds is 4. The molecule has 1 aliphatic heterocycles. The van der Waals surface area contributed by atoms with Gasteiger partial charge < -0.3 is 10.1 Å². The van der Waals surface area contributed by atoms with Gasteiger partial charge in [0.1, 0.15) is 6.17 Å². The second-order valence-corrected chi connectivity index (χ2v) is 8.24. The first kappa shape index (κ1) is 20.0. The maximum atomic E-state index is 12.3. The largest absolute Gasteiger partial charge is 0.468 e. The second kappa shape index (κ2) is 8.57. The summed E-state index contributed by atoms with van der Waals surface area (Å²) in [5.74, 6) is -0.287. The van der Waals surface area contributed by atoms with E-state index in [0.29, 0.717) is 5.02 Å². The van der Waals surface area contributed by atoms with Crippen LogP contribution in [0.4, 0.5) is 5.69 Å². The summed E-state index contributed by atoms with van der Waals surface area (Å²) in [5, 5.41) is 4.27. The molecule has 0 fully saturated rings. The van der Waals surface area contributed by atoms with Crippen molar-refractivity contribution < 1.29 is 9.53 Å². The summed E-state index contributed by atoms with van der Waals surface area (Å²) in [7, 11) is 1.42. The quantitative estimate of drug-likeness (QED) is 0.489. The van der Waals surface area contributed by atoms with Crippen molar-refractivity contribution in [3.63, 3.8) is 0 Å². The number of ether oxygens (including phenoxy) is 1. The highest BCUT2D eigenvalue weighted by molar-refractivity contribution is 9.10. The molecule has 0 spiro atoms. The third kappa shape index (κ3) is 4.17. The molecular formula is C23H20BrClN2O2. The monoisotopic (exact) mass is 470 g/mol. The van der Waals surface area contributed by atoms with Gasteiger partial charge >= 0.3 is 5.97 Å². The summed E-state index contributed by atoms with van der Waals surface area (Å²) in [4.78, 5) is 14.5. The maximum Gasteiger partial charge on any atom is 0.319 e. The fraction of sp³-hybridized carbons (Fsp3) is 0.174. The zero-order valence-corrected chi connectivity index (χ0v) is 18.2. The number of benzene rings is 3. The number of carbonyl (C=O) groups is 1. The van der Waals surface area contributed by atoms with Gasteiger partial charge in [-0.3, -0.25) is 9.69 Å². The molecule has 29 heavy (non-hydrogen) atoms. The molecule has 1 heterocycles. The molecule has 4 rings (SSSR count). The molecule has 2 unspecified atom stereocenters. The van der Waals surface area contributed by atoms with Crippen molar-refractivity contribution in [1.29, 1.82) is 0 Å². The van der Waals surface area contributed by atoms with Crippen LogP contribution in [0.1, 0.15) is 28.9 Å². The molecule has 4 nitrogen and oxygen atoms in total. The highest BCUT2D eigenvalue weighted by atomic mass is 79.9. The molecule has 3 aromatic carbocycles. The summed E-state index contributed by atoms with van der Waals surface area (Å²) < 4.78 is 6.00. The lowest BCUT2D eigenvalue weighted by molar-refractivity contribution is -0.143. The Balaban J connectivity index is 1.88. The van der Waals surface area contributed by atoms with E-state index in [1.165, 1.54) is 7.11 Å². The molecule has 0 saturated heterocycles. The molecule has 2 atom stereocenters. The van der Waals surface area contributed by atoms with Crippen molar-refractivity contribution >= 4 is 39.2 Å². The van der Waals surface area contributed by atoms with Gasteiger partial charge in [-0.05, 0) is 47.0 Å². The summed E-state index contributed by atoms with van der Waals surface area (Å²) in [6.45, 7) is 0.141. The number of esters is 1. The van der Waals surface area contributed by atoms with Crippen LogP contribution >= 0.6 is 27.5 Å². The summed E-state index contributed by atoms with van der Waals surface area (Å²) in [6, 6.07) is 24.0. The SMILES string of the molecule is COC(=O)CN1C(c2ccc(Cl)cc2)Nc2ccc(Br)cc2C1c1ccccc1. The van der Waals surface area contributed by atoms with Crippen molar-refractivity contribution in [1.82, 2.24) is 4.90 Å². The molecular weight excluding hydrogens is 452 g/mol. The summed E-state index contributed by atoms with van der Waals surface area (Å²) in [5.41, 5.74) is 4.26. The van der Waals surface area contributed by atoms with E-state index in [2.05, 4.69) is 50.4 Å². The number of hydrogen-bond acceptors (Lipinski definition) is 4. The average molecular weight is 472 g/mol. The number of nitrogens with one attached hydrogen (secondary N) is 1. The molecule has 0 amide bonds. The second-order valence-electron chi connectivity index (χ2n) is 6.89. The Kier molecular flexibility index (Phi) is 5.90. The van der Waals surface area contributed by atoms with Crippen LogP contribution in [0.15, 0.2) is 77.3 Å². The Hall–Kier alpha value is -2.34. The Morgan fingerprint density at radius 1 is 1.07 bits per heavy atom. The van der Waals surface area contributed by atoms with Crippen molar-refractivity contribution in [2.45, 2.75) is 12.2 Å². The predicted octanol–water partition coefficient (Wildman–Crippen LogP) is 5.79. The standard InChI is InChI=1S/C23H20BrClN2O2/c1-29-21(28)14-27-22(15-5-3-2-4-6-15)19-13-17(24)9-12-20(19)26-23(27)16-7-10-18(25)11-8-16/h2-13,22-23,26H,14H2,1H3. The van der Waals surface area contributed by atoms with E-state index < -0.39 is 0 Å². The van der Waals surface area contributed by atoms with Gasteiger partial charge in [-0.2, -0.15) is 0 Å². The fourth-order valence-corrected chi connectivity index (χ4v) is 4.28. The van der Waals surface area contributed by atoms with Gasteiger partial charge in [-0.15, -0.1) is 0 Å². The smallest absolute Gasteiger partial charge is 0.319 e. The molecule has 1 N–H and O–H groups in total. The molecule has 148 valence electrons. The number of anilines is 1. The molecule has 1 aliphatic rings. The van der Waals surface area contributed by atoms with Crippen LogP contribution in [0, 0.1) is 0 Å². The van der Waals surface area contributed by atoms with Gasteiger partial charge in [0.25, 0.3) is 0 Å². The van der Waals surface area contributed by atoms with E-state index in [4.69, 9.17) is 16.3 Å². The van der Waals surface area contributed by atoms with Gasteiger partial charge in [0.05, 0.1) is 19.7 Å². The first-order valence-electron chi connectivity index (χ1n) is 9.26. The Bertz CT molecular complexity index is 1010. The van der Waals surface area contributed by atoms with Gasteiger partial charge in [0, 0.05) is 15.2 Å². The van der Waals surface area contributed by atoms with Gasteiger partial charge in [0.2, 0.25) is 0 Å². The van der Waals surface area contributed by atoms with E-state index in [9.17, 15) is 4.79 Å². The van der Waals surface area contributed by atoms with Crippen LogP contribution < -0.4 is 5.32 Å². The lowest BCUT2D eigenvalue weighted by Gasteiger charge is -2.44. The lowest BCUT2D eigenvalue weighted by atomic mass is 9.91. The van der Waals surface area contributed by atoms with Crippen molar-refractivity contribution in [3.8, 4) is 0 Å². The molecule has 0 saturated carbocycles. The van der Waals surface area contributed by atoms with Crippen molar-refractivity contribution in [2.75, 3.05) is 19.0 Å². The molecule has 0 radical (unpaired) electrons. The summed E-state index contributed by atoms with van der Waals surface area (Å²) >= 11 is 9.69. The van der Waals surface area contributed by atoms with Crippen LogP contribution in [-0.2, 0) is 9.53 Å². The number of carbonyl (C=O) groups excluding carboxylic acids is 1. The van der Waals surface area contributed by atoms with Crippen LogP contribution in [0.5, 0.6) is 0 Å². The number of methoxy groups -OCH3 is 1. The van der Waals surface area contributed by atoms with Crippen LogP contribution in [0.3, 0.4) is 0 Å². The topological polar surface area (TPSA) is 41.6 Å². The lowest BCUT2D eigenvalue weighted by Crippen LogP contribution is -2.44. The first-order chi connectivity index (χ1) is 14.1. The van der Waals surface area contributed by atoms with Crippen molar-refractivity contribution in [2.24, 2.45) is 0 Å². The molecule has 3 aromatic rings. The van der Waals surface area contributed by atoms with Gasteiger partial charge in [0.15, 0.2) is 0 Å². The van der Waals surface area contributed by atoms with Crippen molar-refractivity contribution in [3.05, 3.63) is 99.0 Å². The minimum atomic E-state index is -0.287. The number of hydrogen-bond donors (Lipinski definition) is 1. The number of halogens is 2. The minimum absolute atomic E-state index is 0.121. The molecule has 0 aromatic heterocycles. The van der Waals surface area contributed by atoms with E-state index >= 15 is 0 Å². The van der Waals surface area contributed by atoms with Crippen LogP contribution in [-0.4, -0.2) is 24.5 Å². The zero-order chi connectivity index (χ0) is 20.4. The Morgan fingerprint density at radius 2 is 1.79 bits per heavy atom. The van der Waals surface area contributed by atoms with E-state index in [-0.39, 0.29) is 24.7 Å². The third-order valence-electron chi connectivity index (χ3n) is 5.10. The highest BCUT2D eigenvalue weighted by Gasteiger charge is 2.37. The third-order valence-corrected chi connectivity index (χ3v) is 5.85.